The lowest BCUT2D eigenvalue weighted by Gasteiger charge is -2.35. The van der Waals surface area contributed by atoms with Gasteiger partial charge in [0.15, 0.2) is 0 Å². The number of nitrogens with zero attached hydrogens (tertiary/aromatic N) is 2. The molecule has 1 aromatic heterocycles. The first-order chi connectivity index (χ1) is 8.28. The van der Waals surface area contributed by atoms with Crippen molar-refractivity contribution in [1.82, 2.24) is 20.2 Å². The molecule has 1 aromatic rings. The van der Waals surface area contributed by atoms with Crippen molar-refractivity contribution < 1.29 is 0 Å². The Hall–Kier alpha value is -0.870. The number of nitrogens with one attached hydrogen (secondary N) is 2. The first-order valence-electron chi connectivity index (χ1n) is 6.68. The predicted molar refractivity (Wildman–Crippen MR) is 67.9 cm³/mol. The summed E-state index contributed by atoms with van der Waals surface area (Å²) in [6.07, 6.45) is 7.29. The number of piperidine rings is 1. The van der Waals surface area contributed by atoms with Gasteiger partial charge in [-0.05, 0) is 39.8 Å². The lowest BCUT2D eigenvalue weighted by atomic mass is 9.90. The standard InChI is InChI=1S/C13H22N4/c1-14-7-10-8-15-13(16-10)9-5-11-3-4-12(6-9)17(11)2/h8-9,11-12,14H,3-7H2,1-2H3,(H,15,16). The molecule has 94 valence electrons. The summed E-state index contributed by atoms with van der Waals surface area (Å²) in [6.45, 7) is 0.881. The third-order valence-corrected chi connectivity index (χ3v) is 4.50. The molecule has 3 heterocycles. The fourth-order valence-electron chi connectivity index (χ4n) is 3.50. The van der Waals surface area contributed by atoms with Crippen molar-refractivity contribution in [1.29, 1.82) is 0 Å². The molecule has 0 aromatic carbocycles. The zero-order valence-corrected chi connectivity index (χ0v) is 10.7. The Morgan fingerprint density at radius 3 is 2.76 bits per heavy atom. The van der Waals surface area contributed by atoms with Crippen molar-refractivity contribution in [3.8, 4) is 0 Å². The van der Waals surface area contributed by atoms with Gasteiger partial charge in [0.1, 0.15) is 5.82 Å². The van der Waals surface area contributed by atoms with E-state index in [1.807, 2.05) is 13.2 Å². The zero-order chi connectivity index (χ0) is 11.8. The molecular formula is C13H22N4. The van der Waals surface area contributed by atoms with Crippen LogP contribution in [0.3, 0.4) is 0 Å². The van der Waals surface area contributed by atoms with Gasteiger partial charge in [0.25, 0.3) is 0 Å². The van der Waals surface area contributed by atoms with Crippen molar-refractivity contribution in [3.63, 3.8) is 0 Å². The van der Waals surface area contributed by atoms with Gasteiger partial charge in [0.05, 0.1) is 0 Å². The molecule has 3 rings (SSSR count). The number of aromatic amines is 1. The minimum Gasteiger partial charge on any atom is -0.345 e. The number of hydrogen-bond acceptors (Lipinski definition) is 3. The molecule has 0 spiro atoms. The maximum atomic E-state index is 4.57. The van der Waals surface area contributed by atoms with E-state index in [1.54, 1.807) is 0 Å². The lowest BCUT2D eigenvalue weighted by molar-refractivity contribution is 0.159. The minimum atomic E-state index is 0.648. The fraction of sp³-hybridized carbons (Fsp3) is 0.769. The summed E-state index contributed by atoms with van der Waals surface area (Å²) in [4.78, 5) is 10.6. The van der Waals surface area contributed by atoms with Gasteiger partial charge in [-0.25, -0.2) is 4.98 Å². The highest BCUT2D eigenvalue weighted by Crippen LogP contribution is 2.41. The SMILES string of the molecule is CNCc1cnc(C2CC3CCC(C2)N3C)[nH]1. The van der Waals surface area contributed by atoms with Crippen molar-refractivity contribution in [2.24, 2.45) is 0 Å². The van der Waals surface area contributed by atoms with Crippen LogP contribution in [-0.2, 0) is 6.54 Å². The van der Waals surface area contributed by atoms with E-state index in [1.165, 1.54) is 37.2 Å². The summed E-state index contributed by atoms with van der Waals surface area (Å²) in [6, 6.07) is 1.58. The normalized spacial score (nSPS) is 33.2. The second-order valence-corrected chi connectivity index (χ2v) is 5.54. The molecule has 2 aliphatic rings. The Morgan fingerprint density at radius 2 is 2.12 bits per heavy atom. The summed E-state index contributed by atoms with van der Waals surface area (Å²) in [5.41, 5.74) is 1.20. The van der Waals surface area contributed by atoms with Crippen molar-refractivity contribution in [2.45, 2.75) is 50.2 Å². The topological polar surface area (TPSA) is 44.0 Å². The van der Waals surface area contributed by atoms with Crippen LogP contribution < -0.4 is 5.32 Å². The summed E-state index contributed by atoms with van der Waals surface area (Å²) in [5, 5.41) is 3.16. The van der Waals surface area contributed by atoms with Gasteiger partial charge in [-0.15, -0.1) is 0 Å². The van der Waals surface area contributed by atoms with Gasteiger partial charge in [-0.2, -0.15) is 0 Å². The fourth-order valence-corrected chi connectivity index (χ4v) is 3.50. The van der Waals surface area contributed by atoms with Crippen LogP contribution in [0, 0.1) is 0 Å². The average Bonchev–Trinajstić information content (AvgIpc) is 2.83. The Morgan fingerprint density at radius 1 is 1.41 bits per heavy atom. The number of fused-ring (bicyclic) bond motifs is 2. The average molecular weight is 234 g/mol. The summed E-state index contributed by atoms with van der Waals surface area (Å²) >= 11 is 0. The van der Waals surface area contributed by atoms with E-state index in [4.69, 9.17) is 0 Å². The molecule has 4 heteroatoms. The molecule has 2 saturated heterocycles. The van der Waals surface area contributed by atoms with Crippen molar-refractivity contribution in [2.75, 3.05) is 14.1 Å². The maximum absolute atomic E-state index is 4.57. The van der Waals surface area contributed by atoms with Crippen LogP contribution in [0.25, 0.3) is 0 Å². The van der Waals surface area contributed by atoms with E-state index in [-0.39, 0.29) is 0 Å². The molecule has 0 radical (unpaired) electrons. The molecule has 0 amide bonds. The molecule has 17 heavy (non-hydrogen) atoms. The molecule has 4 nitrogen and oxygen atoms in total. The van der Waals surface area contributed by atoms with Crippen LogP contribution in [0.2, 0.25) is 0 Å². The number of imidazole rings is 1. The molecule has 2 N–H and O–H groups in total. The number of H-pyrrole nitrogens is 1. The van der Waals surface area contributed by atoms with E-state index in [0.29, 0.717) is 5.92 Å². The maximum Gasteiger partial charge on any atom is 0.109 e. The van der Waals surface area contributed by atoms with Gasteiger partial charge in [-0.1, -0.05) is 0 Å². The molecule has 2 fully saturated rings. The second-order valence-electron chi connectivity index (χ2n) is 5.54. The van der Waals surface area contributed by atoms with Crippen LogP contribution >= 0.6 is 0 Å². The molecule has 2 aliphatic heterocycles. The highest BCUT2D eigenvalue weighted by atomic mass is 15.2. The summed E-state index contributed by atoms with van der Waals surface area (Å²) in [7, 11) is 4.25. The first-order valence-corrected chi connectivity index (χ1v) is 6.68. The zero-order valence-electron chi connectivity index (χ0n) is 10.7. The highest BCUT2D eigenvalue weighted by Gasteiger charge is 2.39. The Balaban J connectivity index is 1.72. The van der Waals surface area contributed by atoms with Gasteiger partial charge in [-0.3, -0.25) is 0 Å². The highest BCUT2D eigenvalue weighted by molar-refractivity contribution is 5.10. The van der Waals surface area contributed by atoms with Crippen LogP contribution in [0.5, 0.6) is 0 Å². The number of hydrogen-bond donors (Lipinski definition) is 2. The van der Waals surface area contributed by atoms with Gasteiger partial charge >= 0.3 is 0 Å². The van der Waals surface area contributed by atoms with Gasteiger partial charge in [0, 0.05) is 36.4 Å². The van der Waals surface area contributed by atoms with Crippen molar-refractivity contribution in [3.05, 3.63) is 17.7 Å². The van der Waals surface area contributed by atoms with E-state index >= 15 is 0 Å². The van der Waals surface area contributed by atoms with Gasteiger partial charge < -0.3 is 15.2 Å². The van der Waals surface area contributed by atoms with E-state index in [2.05, 4.69) is 27.2 Å². The third-order valence-electron chi connectivity index (χ3n) is 4.50. The summed E-state index contributed by atoms with van der Waals surface area (Å²) < 4.78 is 0. The first kappa shape index (κ1) is 11.2. The monoisotopic (exact) mass is 234 g/mol. The number of aromatic nitrogens is 2. The predicted octanol–water partition coefficient (Wildman–Crippen LogP) is 1.47. The van der Waals surface area contributed by atoms with Gasteiger partial charge in [0.2, 0.25) is 0 Å². The van der Waals surface area contributed by atoms with Crippen LogP contribution in [0.15, 0.2) is 6.20 Å². The second kappa shape index (κ2) is 4.42. The lowest BCUT2D eigenvalue weighted by Crippen LogP contribution is -2.39. The van der Waals surface area contributed by atoms with Crippen molar-refractivity contribution >= 4 is 0 Å². The molecule has 2 atom stereocenters. The molecule has 0 saturated carbocycles. The van der Waals surface area contributed by atoms with Crippen LogP contribution in [0.1, 0.15) is 43.1 Å². The third kappa shape index (κ3) is 2.00. The van der Waals surface area contributed by atoms with Crippen LogP contribution in [-0.4, -0.2) is 41.0 Å². The molecule has 2 unspecified atom stereocenters. The Kier molecular flexibility index (Phi) is 2.92. The Labute approximate surface area is 103 Å². The van der Waals surface area contributed by atoms with E-state index in [0.717, 1.165) is 18.6 Å². The molecular weight excluding hydrogens is 212 g/mol. The minimum absolute atomic E-state index is 0.648. The quantitative estimate of drug-likeness (QED) is 0.832. The Bertz CT molecular complexity index is 373. The van der Waals surface area contributed by atoms with Crippen LogP contribution in [0.4, 0.5) is 0 Å². The molecule has 0 aliphatic carbocycles. The smallest absolute Gasteiger partial charge is 0.109 e. The van der Waals surface area contributed by atoms with E-state index in [9.17, 15) is 0 Å². The number of rotatable bonds is 3. The summed E-state index contributed by atoms with van der Waals surface area (Å²) in [5.74, 6) is 1.86. The van der Waals surface area contributed by atoms with E-state index < -0.39 is 0 Å². The molecule has 2 bridgehead atoms. The largest absolute Gasteiger partial charge is 0.345 e.